The normalized spacial score (nSPS) is 30.0. The van der Waals surface area contributed by atoms with Crippen molar-refractivity contribution in [2.24, 2.45) is 16.7 Å². The Bertz CT molecular complexity index is 475. The van der Waals surface area contributed by atoms with Crippen molar-refractivity contribution in [1.82, 2.24) is 0 Å². The van der Waals surface area contributed by atoms with Crippen LogP contribution in [0, 0.1) is 16.7 Å². The van der Waals surface area contributed by atoms with Crippen LogP contribution in [0.1, 0.15) is 87.0 Å². The minimum atomic E-state index is -4.52. The molecule has 156 valence electrons. The Balaban J connectivity index is 3.36. The number of ether oxygens (including phenoxy) is 1. The molecule has 1 rings (SSSR count). The first-order chi connectivity index (χ1) is 11.6. The van der Waals surface area contributed by atoms with E-state index in [9.17, 15) is 8.78 Å². The minimum Gasteiger partial charge on any atom is -0.314 e. The van der Waals surface area contributed by atoms with Gasteiger partial charge in [0.1, 0.15) is 0 Å². The standard InChI is InChI=1S/C20H35F5O/c1-8-10-12-16(4,5)13-15-14(3)26-20(24,25)18(15,21)19(22,23)17(6,7)11-9-2/h14-15H,8-13H2,1-7H3. The maximum absolute atomic E-state index is 15.8. The molecule has 26 heavy (non-hydrogen) atoms. The molecule has 0 spiro atoms. The highest BCUT2D eigenvalue weighted by Gasteiger charge is 2.82. The fourth-order valence-corrected chi connectivity index (χ4v) is 4.29. The predicted molar refractivity (Wildman–Crippen MR) is 94.4 cm³/mol. The van der Waals surface area contributed by atoms with Gasteiger partial charge in [-0.05, 0) is 31.6 Å². The summed E-state index contributed by atoms with van der Waals surface area (Å²) in [6.07, 6.45) is -3.17. The lowest BCUT2D eigenvalue weighted by atomic mass is 9.65. The number of hydrogen-bond acceptors (Lipinski definition) is 1. The van der Waals surface area contributed by atoms with Gasteiger partial charge in [-0.2, -0.15) is 8.78 Å². The van der Waals surface area contributed by atoms with Crippen molar-refractivity contribution < 1.29 is 26.7 Å². The van der Waals surface area contributed by atoms with Crippen molar-refractivity contribution in [3.05, 3.63) is 0 Å². The van der Waals surface area contributed by atoms with Gasteiger partial charge in [-0.3, -0.25) is 0 Å². The molecule has 1 saturated heterocycles. The van der Waals surface area contributed by atoms with Crippen LogP contribution < -0.4 is 0 Å². The Morgan fingerprint density at radius 2 is 1.46 bits per heavy atom. The second-order valence-corrected chi connectivity index (χ2v) is 9.34. The molecular formula is C20H35F5O. The lowest BCUT2D eigenvalue weighted by Crippen LogP contribution is -2.64. The SMILES string of the molecule is CCCCC(C)(C)CC1C(C)OC(F)(F)C1(F)C(F)(F)C(C)(C)CCC. The highest BCUT2D eigenvalue weighted by atomic mass is 19.3. The van der Waals surface area contributed by atoms with Crippen LogP contribution in [0.5, 0.6) is 0 Å². The Kier molecular flexibility index (Phi) is 6.87. The van der Waals surface area contributed by atoms with Gasteiger partial charge >= 0.3 is 6.11 Å². The third kappa shape index (κ3) is 3.90. The molecule has 1 aliphatic rings. The van der Waals surface area contributed by atoms with E-state index in [0.717, 1.165) is 26.7 Å². The molecule has 0 aromatic rings. The molecule has 1 aliphatic heterocycles. The van der Waals surface area contributed by atoms with Gasteiger partial charge in [-0.15, -0.1) is 0 Å². The van der Waals surface area contributed by atoms with Crippen molar-refractivity contribution in [3.8, 4) is 0 Å². The van der Waals surface area contributed by atoms with Crippen molar-refractivity contribution >= 4 is 0 Å². The van der Waals surface area contributed by atoms with Crippen molar-refractivity contribution in [2.75, 3.05) is 0 Å². The van der Waals surface area contributed by atoms with E-state index < -0.39 is 40.6 Å². The van der Waals surface area contributed by atoms with E-state index in [0.29, 0.717) is 12.8 Å². The van der Waals surface area contributed by atoms with Gasteiger partial charge in [0.05, 0.1) is 6.10 Å². The topological polar surface area (TPSA) is 9.23 Å². The summed E-state index contributed by atoms with van der Waals surface area (Å²) in [6, 6.07) is 0. The van der Waals surface area contributed by atoms with Gasteiger partial charge in [0.15, 0.2) is 0 Å². The maximum Gasteiger partial charge on any atom is 0.396 e. The molecule has 0 N–H and O–H groups in total. The first kappa shape index (κ1) is 23.6. The summed E-state index contributed by atoms with van der Waals surface area (Å²) < 4.78 is 79.9. The van der Waals surface area contributed by atoms with E-state index in [4.69, 9.17) is 0 Å². The van der Waals surface area contributed by atoms with Crippen molar-refractivity contribution in [2.45, 2.75) is 111 Å². The number of hydrogen-bond donors (Lipinski definition) is 0. The molecule has 0 bridgehead atoms. The zero-order valence-corrected chi connectivity index (χ0v) is 17.2. The van der Waals surface area contributed by atoms with Crippen LogP contribution in [0.2, 0.25) is 0 Å². The molecule has 0 radical (unpaired) electrons. The molecular weight excluding hydrogens is 351 g/mol. The molecule has 0 aromatic carbocycles. The molecule has 0 aliphatic carbocycles. The molecule has 6 heteroatoms. The van der Waals surface area contributed by atoms with E-state index >= 15 is 13.2 Å². The van der Waals surface area contributed by atoms with Crippen LogP contribution in [0.25, 0.3) is 0 Å². The van der Waals surface area contributed by atoms with Crippen LogP contribution in [0.15, 0.2) is 0 Å². The summed E-state index contributed by atoms with van der Waals surface area (Å²) in [6.45, 7) is 10.9. The van der Waals surface area contributed by atoms with Gasteiger partial charge in [0.2, 0.25) is 0 Å². The molecule has 0 saturated carbocycles. The van der Waals surface area contributed by atoms with Crippen LogP contribution in [0.4, 0.5) is 22.0 Å². The first-order valence-corrected chi connectivity index (χ1v) is 9.72. The zero-order chi connectivity index (χ0) is 20.6. The van der Waals surface area contributed by atoms with E-state index in [2.05, 4.69) is 4.74 Å². The van der Waals surface area contributed by atoms with E-state index in [-0.39, 0.29) is 12.8 Å². The largest absolute Gasteiger partial charge is 0.396 e. The van der Waals surface area contributed by atoms with Crippen LogP contribution in [-0.2, 0) is 4.74 Å². The average molecular weight is 386 g/mol. The highest BCUT2D eigenvalue weighted by molar-refractivity contribution is 5.15. The monoisotopic (exact) mass is 386 g/mol. The van der Waals surface area contributed by atoms with E-state index in [1.807, 2.05) is 20.8 Å². The third-order valence-corrected chi connectivity index (χ3v) is 6.00. The van der Waals surface area contributed by atoms with Gasteiger partial charge in [0, 0.05) is 11.3 Å². The summed E-state index contributed by atoms with van der Waals surface area (Å²) in [7, 11) is 0. The van der Waals surface area contributed by atoms with E-state index in [1.165, 1.54) is 6.92 Å². The summed E-state index contributed by atoms with van der Waals surface area (Å²) in [5.74, 6) is -5.80. The highest BCUT2D eigenvalue weighted by Crippen LogP contribution is 2.63. The Morgan fingerprint density at radius 3 is 1.92 bits per heavy atom. The smallest absolute Gasteiger partial charge is 0.314 e. The molecule has 1 nitrogen and oxygen atoms in total. The molecule has 0 amide bonds. The number of unbranched alkanes of at least 4 members (excludes halogenated alkanes) is 1. The van der Waals surface area contributed by atoms with Crippen molar-refractivity contribution in [3.63, 3.8) is 0 Å². The maximum atomic E-state index is 15.8. The third-order valence-electron chi connectivity index (χ3n) is 6.00. The van der Waals surface area contributed by atoms with Crippen LogP contribution in [0.3, 0.4) is 0 Å². The summed E-state index contributed by atoms with van der Waals surface area (Å²) in [4.78, 5) is 0. The summed E-state index contributed by atoms with van der Waals surface area (Å²) in [5, 5.41) is 0. The molecule has 1 heterocycles. The molecule has 0 aromatic heterocycles. The lowest BCUT2D eigenvalue weighted by molar-refractivity contribution is -0.346. The number of rotatable bonds is 9. The second-order valence-electron chi connectivity index (χ2n) is 9.34. The Hall–Kier alpha value is -0.390. The molecule has 1 fully saturated rings. The quantitative estimate of drug-likeness (QED) is 0.375. The predicted octanol–water partition coefficient (Wildman–Crippen LogP) is 7.39. The number of halogens is 5. The first-order valence-electron chi connectivity index (χ1n) is 9.72. The van der Waals surface area contributed by atoms with Crippen molar-refractivity contribution in [1.29, 1.82) is 0 Å². The van der Waals surface area contributed by atoms with Crippen LogP contribution >= 0.6 is 0 Å². The van der Waals surface area contributed by atoms with Gasteiger partial charge in [-0.25, -0.2) is 13.2 Å². The lowest BCUT2D eigenvalue weighted by Gasteiger charge is -2.46. The molecule has 3 unspecified atom stereocenters. The average Bonchev–Trinajstić information content (AvgIpc) is 2.65. The minimum absolute atomic E-state index is 0.0535. The van der Waals surface area contributed by atoms with Gasteiger partial charge in [0.25, 0.3) is 11.6 Å². The molecule has 3 atom stereocenters. The van der Waals surface area contributed by atoms with Gasteiger partial charge in [-0.1, -0.05) is 60.8 Å². The zero-order valence-electron chi connectivity index (χ0n) is 17.2. The Morgan fingerprint density at radius 1 is 0.923 bits per heavy atom. The fourth-order valence-electron chi connectivity index (χ4n) is 4.29. The fraction of sp³-hybridized carbons (Fsp3) is 1.00. The van der Waals surface area contributed by atoms with Crippen LogP contribution in [-0.4, -0.2) is 23.8 Å². The number of alkyl halides is 5. The summed E-state index contributed by atoms with van der Waals surface area (Å²) >= 11 is 0. The summed E-state index contributed by atoms with van der Waals surface area (Å²) in [5.41, 5.74) is -6.46. The Labute approximate surface area is 155 Å². The van der Waals surface area contributed by atoms with E-state index in [1.54, 1.807) is 6.92 Å². The van der Waals surface area contributed by atoms with Gasteiger partial charge < -0.3 is 4.74 Å². The second kappa shape index (κ2) is 7.56.